The molecule has 1 aromatic heterocycles. The summed E-state index contributed by atoms with van der Waals surface area (Å²) in [5.41, 5.74) is 0.946. The fraction of sp³-hybridized carbons (Fsp3) is 0.643. The van der Waals surface area contributed by atoms with Gasteiger partial charge in [0, 0.05) is 24.6 Å². The normalized spacial score (nSPS) is 24.9. The van der Waals surface area contributed by atoms with Gasteiger partial charge in [0.05, 0.1) is 11.6 Å². The first kappa shape index (κ1) is 13.9. The largest absolute Gasteiger partial charge is 0.481 e. The van der Waals surface area contributed by atoms with Gasteiger partial charge in [-0.1, -0.05) is 0 Å². The van der Waals surface area contributed by atoms with E-state index >= 15 is 0 Å². The lowest BCUT2D eigenvalue weighted by atomic mass is 9.82. The van der Waals surface area contributed by atoms with E-state index in [0.29, 0.717) is 5.92 Å². The fourth-order valence-corrected chi connectivity index (χ4v) is 2.60. The first-order valence-electron chi connectivity index (χ1n) is 6.89. The third-order valence-corrected chi connectivity index (χ3v) is 3.94. The summed E-state index contributed by atoms with van der Waals surface area (Å²) in [7, 11) is 0. The van der Waals surface area contributed by atoms with Crippen LogP contribution < -0.4 is 5.32 Å². The Kier molecular flexibility index (Phi) is 4.85. The molecule has 1 unspecified atom stereocenters. The molecule has 0 spiro atoms. The molecule has 0 bridgehead atoms. The van der Waals surface area contributed by atoms with E-state index in [9.17, 15) is 4.79 Å². The molecule has 104 valence electrons. The van der Waals surface area contributed by atoms with Gasteiger partial charge in [-0.15, -0.1) is 0 Å². The number of nitrogens with one attached hydrogen (secondary N) is 1. The van der Waals surface area contributed by atoms with Gasteiger partial charge in [0.25, 0.3) is 0 Å². The summed E-state index contributed by atoms with van der Waals surface area (Å²) in [6, 6.07) is 0.186. The van der Waals surface area contributed by atoms with E-state index in [-0.39, 0.29) is 12.0 Å². The molecule has 1 fully saturated rings. The Morgan fingerprint density at radius 2 is 2.16 bits per heavy atom. The van der Waals surface area contributed by atoms with Gasteiger partial charge in [-0.2, -0.15) is 0 Å². The molecular weight excluding hydrogens is 242 g/mol. The molecule has 1 aliphatic carbocycles. The van der Waals surface area contributed by atoms with E-state index in [1.807, 2.05) is 0 Å². The summed E-state index contributed by atoms with van der Waals surface area (Å²) in [5, 5.41) is 12.4. The summed E-state index contributed by atoms with van der Waals surface area (Å²) in [6.45, 7) is 3.00. The summed E-state index contributed by atoms with van der Waals surface area (Å²) in [5.74, 6) is -0.192. The van der Waals surface area contributed by atoms with E-state index in [4.69, 9.17) is 5.11 Å². The van der Waals surface area contributed by atoms with Crippen LogP contribution >= 0.6 is 0 Å². The Labute approximate surface area is 113 Å². The van der Waals surface area contributed by atoms with Crippen LogP contribution in [0, 0.1) is 11.8 Å². The molecule has 0 aromatic carbocycles. The van der Waals surface area contributed by atoms with Crippen molar-refractivity contribution in [3.05, 3.63) is 24.3 Å². The van der Waals surface area contributed by atoms with Crippen molar-refractivity contribution in [3.8, 4) is 0 Å². The maximum Gasteiger partial charge on any atom is 0.306 e. The quantitative estimate of drug-likeness (QED) is 0.850. The van der Waals surface area contributed by atoms with Gasteiger partial charge in [0.2, 0.25) is 0 Å². The van der Waals surface area contributed by atoms with E-state index in [2.05, 4.69) is 22.2 Å². The Bertz CT molecular complexity index is 402. The Morgan fingerprint density at radius 1 is 1.42 bits per heavy atom. The van der Waals surface area contributed by atoms with Crippen molar-refractivity contribution in [2.75, 3.05) is 6.54 Å². The lowest BCUT2D eigenvalue weighted by Gasteiger charge is -2.27. The number of aliphatic carboxylic acids is 1. The van der Waals surface area contributed by atoms with Crippen LogP contribution in [0.1, 0.15) is 44.3 Å². The van der Waals surface area contributed by atoms with E-state index < -0.39 is 5.97 Å². The molecule has 1 atom stereocenters. The zero-order valence-electron chi connectivity index (χ0n) is 11.2. The third-order valence-electron chi connectivity index (χ3n) is 3.94. The van der Waals surface area contributed by atoms with Crippen molar-refractivity contribution < 1.29 is 9.90 Å². The minimum Gasteiger partial charge on any atom is -0.481 e. The summed E-state index contributed by atoms with van der Waals surface area (Å²) < 4.78 is 0. The zero-order chi connectivity index (χ0) is 13.7. The molecular formula is C14H21N3O2. The molecule has 19 heavy (non-hydrogen) atoms. The van der Waals surface area contributed by atoms with Crippen LogP contribution in [0.4, 0.5) is 0 Å². The Morgan fingerprint density at radius 3 is 2.74 bits per heavy atom. The fourth-order valence-electron chi connectivity index (χ4n) is 2.60. The number of carbonyl (C=O) groups is 1. The second kappa shape index (κ2) is 6.61. The molecule has 2 rings (SSSR count). The van der Waals surface area contributed by atoms with Crippen molar-refractivity contribution in [3.63, 3.8) is 0 Å². The van der Waals surface area contributed by atoms with Crippen LogP contribution in [0.5, 0.6) is 0 Å². The Balaban J connectivity index is 1.73. The number of hydrogen-bond acceptors (Lipinski definition) is 4. The van der Waals surface area contributed by atoms with Crippen molar-refractivity contribution >= 4 is 5.97 Å². The summed E-state index contributed by atoms with van der Waals surface area (Å²) in [6.07, 6.45) is 8.75. The number of nitrogens with zero attached hydrogens (tertiary/aromatic N) is 2. The molecule has 0 radical (unpaired) electrons. The molecule has 0 aliphatic heterocycles. The molecule has 0 saturated heterocycles. The second-order valence-corrected chi connectivity index (χ2v) is 5.32. The van der Waals surface area contributed by atoms with Crippen molar-refractivity contribution in [2.45, 2.75) is 38.6 Å². The van der Waals surface area contributed by atoms with Crippen LogP contribution in [0.15, 0.2) is 18.6 Å². The third kappa shape index (κ3) is 3.99. The first-order valence-corrected chi connectivity index (χ1v) is 6.89. The van der Waals surface area contributed by atoms with Gasteiger partial charge < -0.3 is 10.4 Å². The second-order valence-electron chi connectivity index (χ2n) is 5.32. The zero-order valence-corrected chi connectivity index (χ0v) is 11.2. The summed E-state index contributed by atoms with van der Waals surface area (Å²) >= 11 is 0. The highest BCUT2D eigenvalue weighted by atomic mass is 16.4. The van der Waals surface area contributed by atoms with E-state index in [1.54, 1.807) is 18.6 Å². The maximum absolute atomic E-state index is 10.9. The lowest BCUT2D eigenvalue weighted by Crippen LogP contribution is -2.30. The van der Waals surface area contributed by atoms with Gasteiger partial charge in [-0.25, -0.2) is 0 Å². The first-order chi connectivity index (χ1) is 9.16. The van der Waals surface area contributed by atoms with Crippen molar-refractivity contribution in [2.24, 2.45) is 11.8 Å². The average molecular weight is 263 g/mol. The molecule has 5 nitrogen and oxygen atoms in total. The number of carboxylic acid groups (broad SMARTS) is 1. The SMILES string of the molecule is CC(NCC1CCC(C(=O)O)CC1)c1cnccn1. The van der Waals surface area contributed by atoms with Gasteiger partial charge in [-0.05, 0) is 45.1 Å². The predicted octanol–water partition coefficient (Wildman–Crippen LogP) is 2.02. The minimum atomic E-state index is -0.640. The number of carboxylic acids is 1. The van der Waals surface area contributed by atoms with Gasteiger partial charge >= 0.3 is 5.97 Å². The highest BCUT2D eigenvalue weighted by molar-refractivity contribution is 5.69. The number of aromatic nitrogens is 2. The number of rotatable bonds is 5. The summed E-state index contributed by atoms with van der Waals surface area (Å²) in [4.78, 5) is 19.2. The molecule has 1 aliphatic rings. The van der Waals surface area contributed by atoms with Crippen molar-refractivity contribution in [1.82, 2.24) is 15.3 Å². The smallest absolute Gasteiger partial charge is 0.306 e. The lowest BCUT2D eigenvalue weighted by molar-refractivity contribution is -0.143. The molecule has 1 heterocycles. The average Bonchev–Trinajstić information content (AvgIpc) is 2.46. The van der Waals surface area contributed by atoms with Gasteiger partial charge in [0.15, 0.2) is 0 Å². The highest BCUT2D eigenvalue weighted by Gasteiger charge is 2.25. The molecule has 1 aromatic rings. The minimum absolute atomic E-state index is 0.131. The predicted molar refractivity (Wildman–Crippen MR) is 71.5 cm³/mol. The molecule has 5 heteroatoms. The standard InChI is InChI=1S/C14H21N3O2/c1-10(13-9-15-6-7-16-13)17-8-11-2-4-12(5-3-11)14(18)19/h6-7,9-12,17H,2-5,8H2,1H3,(H,18,19). The van der Waals surface area contributed by atoms with Crippen LogP contribution in [0.3, 0.4) is 0 Å². The van der Waals surface area contributed by atoms with Crippen LogP contribution in [-0.2, 0) is 4.79 Å². The van der Waals surface area contributed by atoms with Crippen LogP contribution in [0.25, 0.3) is 0 Å². The van der Waals surface area contributed by atoms with Crippen LogP contribution in [0.2, 0.25) is 0 Å². The van der Waals surface area contributed by atoms with Gasteiger partial charge in [-0.3, -0.25) is 14.8 Å². The van der Waals surface area contributed by atoms with E-state index in [1.165, 1.54) is 0 Å². The van der Waals surface area contributed by atoms with Crippen molar-refractivity contribution in [1.29, 1.82) is 0 Å². The molecule has 1 saturated carbocycles. The van der Waals surface area contributed by atoms with Gasteiger partial charge in [0.1, 0.15) is 0 Å². The molecule has 2 N–H and O–H groups in total. The maximum atomic E-state index is 10.9. The van der Waals surface area contributed by atoms with E-state index in [0.717, 1.165) is 37.9 Å². The topological polar surface area (TPSA) is 75.1 Å². The highest BCUT2D eigenvalue weighted by Crippen LogP contribution is 2.28. The number of hydrogen-bond donors (Lipinski definition) is 2. The Hall–Kier alpha value is -1.49. The van der Waals surface area contributed by atoms with Crippen LogP contribution in [-0.4, -0.2) is 27.6 Å². The monoisotopic (exact) mass is 263 g/mol. The molecule has 0 amide bonds.